The predicted octanol–water partition coefficient (Wildman–Crippen LogP) is 2.20. The van der Waals surface area contributed by atoms with Gasteiger partial charge in [0.2, 0.25) is 0 Å². The van der Waals surface area contributed by atoms with E-state index >= 15 is 0 Å². The van der Waals surface area contributed by atoms with Crippen LogP contribution in [0.2, 0.25) is 0 Å². The quantitative estimate of drug-likeness (QED) is 0.570. The number of benzene rings is 1. The number of hydrazine groups is 1. The number of thiophene rings is 1. The summed E-state index contributed by atoms with van der Waals surface area (Å²) in [6.45, 7) is 0. The molecular weight excluding hydrogens is 272 g/mol. The fourth-order valence-electron chi connectivity index (χ4n) is 2.45. The summed E-state index contributed by atoms with van der Waals surface area (Å²) in [6, 6.07) is 8.13. The first-order valence-electron chi connectivity index (χ1n) is 6.24. The van der Waals surface area contributed by atoms with Gasteiger partial charge in [0.05, 0.1) is 19.3 Å². The van der Waals surface area contributed by atoms with Crippen molar-refractivity contribution in [2.45, 2.75) is 6.04 Å². The molecule has 0 spiro atoms. The van der Waals surface area contributed by atoms with Crippen LogP contribution in [-0.4, -0.2) is 16.9 Å². The Balaban J connectivity index is 2.16. The van der Waals surface area contributed by atoms with Crippen molar-refractivity contribution in [2.75, 3.05) is 7.11 Å². The molecule has 0 bridgehead atoms. The van der Waals surface area contributed by atoms with Gasteiger partial charge >= 0.3 is 0 Å². The van der Waals surface area contributed by atoms with Crippen LogP contribution in [0.3, 0.4) is 0 Å². The second-order valence-electron chi connectivity index (χ2n) is 4.51. The zero-order chi connectivity index (χ0) is 14.1. The fourth-order valence-corrected chi connectivity index (χ4v) is 3.44. The van der Waals surface area contributed by atoms with Gasteiger partial charge in [0.1, 0.15) is 5.69 Å². The number of hydrogen-bond acceptors (Lipinski definition) is 5. The smallest absolute Gasteiger partial charge is 0.161 e. The molecule has 2 heterocycles. The molecule has 20 heavy (non-hydrogen) atoms. The van der Waals surface area contributed by atoms with Gasteiger partial charge in [-0.1, -0.05) is 18.2 Å². The molecule has 3 rings (SSSR count). The molecule has 0 aliphatic heterocycles. The second kappa shape index (κ2) is 5.24. The summed E-state index contributed by atoms with van der Waals surface area (Å²) in [5.74, 6) is 6.52. The van der Waals surface area contributed by atoms with Crippen molar-refractivity contribution in [3.63, 3.8) is 0 Å². The number of aryl methyl sites for hydroxylation is 1. The minimum Gasteiger partial charge on any atom is -0.493 e. The number of aromatic nitrogens is 2. The van der Waals surface area contributed by atoms with Crippen LogP contribution >= 0.6 is 11.3 Å². The summed E-state index contributed by atoms with van der Waals surface area (Å²) in [6.07, 6.45) is 1.70. The molecule has 0 fully saturated rings. The van der Waals surface area contributed by atoms with Gasteiger partial charge in [-0.05, 0) is 22.4 Å². The molecule has 0 saturated carbocycles. The van der Waals surface area contributed by atoms with Crippen LogP contribution in [0.4, 0.5) is 0 Å². The summed E-state index contributed by atoms with van der Waals surface area (Å²) >= 11 is 1.71. The molecule has 5 nitrogen and oxygen atoms in total. The number of nitrogens with one attached hydrogen (secondary N) is 1. The average Bonchev–Trinajstić information content (AvgIpc) is 3.06. The molecule has 2 aromatic heterocycles. The Labute approximate surface area is 120 Å². The van der Waals surface area contributed by atoms with Crippen LogP contribution in [0.5, 0.6) is 5.75 Å². The highest BCUT2D eigenvalue weighted by Crippen LogP contribution is 2.36. The lowest BCUT2D eigenvalue weighted by Crippen LogP contribution is -2.30. The molecule has 0 aliphatic rings. The average molecular weight is 288 g/mol. The molecule has 1 aromatic carbocycles. The Morgan fingerprint density at radius 3 is 2.95 bits per heavy atom. The normalized spacial score (nSPS) is 12.8. The van der Waals surface area contributed by atoms with Crippen LogP contribution in [-0.2, 0) is 7.05 Å². The van der Waals surface area contributed by atoms with Gasteiger partial charge in [-0.3, -0.25) is 10.5 Å². The highest BCUT2D eigenvalue weighted by molar-refractivity contribution is 7.17. The third-order valence-corrected chi connectivity index (χ3v) is 4.41. The second-order valence-corrected chi connectivity index (χ2v) is 5.42. The topological polar surface area (TPSA) is 65.1 Å². The summed E-state index contributed by atoms with van der Waals surface area (Å²) in [7, 11) is 3.52. The summed E-state index contributed by atoms with van der Waals surface area (Å²) in [4.78, 5) is 0. The van der Waals surface area contributed by atoms with Gasteiger partial charge in [0, 0.05) is 11.7 Å². The van der Waals surface area contributed by atoms with Crippen molar-refractivity contribution in [1.29, 1.82) is 0 Å². The summed E-state index contributed by atoms with van der Waals surface area (Å²) in [5.41, 5.74) is 4.93. The molecule has 1 atom stereocenters. The Morgan fingerprint density at radius 2 is 2.20 bits per heavy atom. The van der Waals surface area contributed by atoms with Gasteiger partial charge in [-0.15, -0.1) is 11.3 Å². The molecule has 3 aromatic rings. The van der Waals surface area contributed by atoms with Crippen LogP contribution in [0, 0.1) is 0 Å². The molecule has 0 aliphatic carbocycles. The third-order valence-electron chi connectivity index (χ3n) is 3.43. The van der Waals surface area contributed by atoms with Crippen molar-refractivity contribution in [2.24, 2.45) is 12.9 Å². The van der Waals surface area contributed by atoms with E-state index in [9.17, 15) is 0 Å². The van der Waals surface area contributed by atoms with Crippen LogP contribution in [0.1, 0.15) is 17.3 Å². The Morgan fingerprint density at radius 1 is 1.40 bits per heavy atom. The number of methoxy groups -OCH3 is 1. The maximum Gasteiger partial charge on any atom is 0.161 e. The monoisotopic (exact) mass is 288 g/mol. The van der Waals surface area contributed by atoms with E-state index in [-0.39, 0.29) is 6.04 Å². The lowest BCUT2D eigenvalue weighted by atomic mass is 10.0. The maximum atomic E-state index is 5.80. The van der Waals surface area contributed by atoms with E-state index in [1.165, 1.54) is 10.1 Å². The number of ether oxygens (including phenoxy) is 1. The number of fused-ring (bicyclic) bond motifs is 1. The van der Waals surface area contributed by atoms with Crippen molar-refractivity contribution in [3.05, 3.63) is 47.1 Å². The lowest BCUT2D eigenvalue weighted by Gasteiger charge is -2.17. The minimum absolute atomic E-state index is 0.159. The third kappa shape index (κ3) is 1.98. The zero-order valence-electron chi connectivity index (χ0n) is 11.3. The summed E-state index contributed by atoms with van der Waals surface area (Å²) in [5, 5.41) is 7.57. The van der Waals surface area contributed by atoms with E-state index in [4.69, 9.17) is 10.6 Å². The Kier molecular flexibility index (Phi) is 3.43. The van der Waals surface area contributed by atoms with E-state index in [1.807, 2.05) is 19.2 Å². The first kappa shape index (κ1) is 13.1. The fraction of sp³-hybridized carbons (Fsp3) is 0.214. The lowest BCUT2D eigenvalue weighted by molar-refractivity contribution is 0.401. The number of rotatable bonds is 4. The molecule has 1 unspecified atom stereocenters. The molecular formula is C14H16N4OS. The van der Waals surface area contributed by atoms with Crippen molar-refractivity contribution in [3.8, 4) is 5.75 Å². The number of nitrogens with two attached hydrogens (primary N) is 1. The van der Waals surface area contributed by atoms with Crippen LogP contribution < -0.4 is 16.0 Å². The molecule has 0 radical (unpaired) electrons. The predicted molar refractivity (Wildman–Crippen MR) is 80.8 cm³/mol. The van der Waals surface area contributed by atoms with Gasteiger partial charge in [-0.2, -0.15) is 5.10 Å². The van der Waals surface area contributed by atoms with E-state index in [0.29, 0.717) is 0 Å². The zero-order valence-corrected chi connectivity index (χ0v) is 12.1. The van der Waals surface area contributed by atoms with Crippen molar-refractivity contribution >= 4 is 21.4 Å². The highest BCUT2D eigenvalue weighted by Gasteiger charge is 2.23. The number of hydrogen-bond donors (Lipinski definition) is 2. The Bertz CT molecular complexity index is 734. The highest BCUT2D eigenvalue weighted by atomic mass is 32.1. The standard InChI is InChI=1S/C14H16N4OS/c1-18-14(11(19-2)7-16-18)13(17-15)10-8-20-12-6-4-3-5-9(10)12/h3-8,13,17H,15H2,1-2H3. The van der Waals surface area contributed by atoms with Crippen LogP contribution in [0.25, 0.3) is 10.1 Å². The van der Waals surface area contributed by atoms with Crippen molar-refractivity contribution in [1.82, 2.24) is 15.2 Å². The first-order valence-corrected chi connectivity index (χ1v) is 7.12. The molecule has 3 N–H and O–H groups in total. The van der Waals surface area contributed by atoms with Crippen LogP contribution in [0.15, 0.2) is 35.8 Å². The molecule has 0 saturated heterocycles. The molecule has 104 valence electrons. The Hall–Kier alpha value is -1.89. The van der Waals surface area contributed by atoms with E-state index in [0.717, 1.165) is 17.0 Å². The maximum absolute atomic E-state index is 5.80. The van der Waals surface area contributed by atoms with E-state index < -0.39 is 0 Å². The molecule has 6 heteroatoms. The van der Waals surface area contributed by atoms with Gasteiger partial charge in [0.15, 0.2) is 5.75 Å². The summed E-state index contributed by atoms with van der Waals surface area (Å²) < 4.78 is 8.41. The molecule has 0 amide bonds. The van der Waals surface area contributed by atoms with E-state index in [2.05, 4.69) is 28.0 Å². The largest absolute Gasteiger partial charge is 0.493 e. The van der Waals surface area contributed by atoms with Crippen molar-refractivity contribution < 1.29 is 4.74 Å². The number of nitrogens with zero attached hydrogens (tertiary/aromatic N) is 2. The van der Waals surface area contributed by atoms with Gasteiger partial charge in [-0.25, -0.2) is 5.43 Å². The minimum atomic E-state index is -0.159. The van der Waals surface area contributed by atoms with Gasteiger partial charge < -0.3 is 4.74 Å². The SMILES string of the molecule is COc1cnn(C)c1C(NN)c1csc2ccccc12. The first-order chi connectivity index (χ1) is 9.76. The van der Waals surface area contributed by atoms with E-state index in [1.54, 1.807) is 29.3 Å². The van der Waals surface area contributed by atoms with Gasteiger partial charge in [0.25, 0.3) is 0 Å².